The zero-order valence-electron chi connectivity index (χ0n) is 11.5. The largest absolute Gasteiger partial charge is 0.465 e. The third-order valence-corrected chi connectivity index (χ3v) is 3.60. The van der Waals surface area contributed by atoms with Gasteiger partial charge < -0.3 is 9.67 Å². The summed E-state index contributed by atoms with van der Waals surface area (Å²) in [5.41, 5.74) is 0.820. The van der Waals surface area contributed by atoms with Crippen LogP contribution in [0.25, 0.3) is 0 Å². The molecule has 108 valence electrons. The number of amides is 1. The molecule has 5 heteroatoms. The van der Waals surface area contributed by atoms with Crippen LogP contribution in [0, 0.1) is 0 Å². The van der Waals surface area contributed by atoms with E-state index in [9.17, 15) is 14.7 Å². The van der Waals surface area contributed by atoms with Gasteiger partial charge in [0.15, 0.2) is 0 Å². The number of pyridine rings is 1. The maximum absolute atomic E-state index is 12.4. The molecule has 0 saturated heterocycles. The minimum atomic E-state index is -1.12. The van der Waals surface area contributed by atoms with E-state index in [1.54, 1.807) is 22.9 Å². The summed E-state index contributed by atoms with van der Waals surface area (Å²) >= 11 is 0. The molecule has 1 aromatic heterocycles. The highest BCUT2D eigenvalue weighted by atomic mass is 16.4. The van der Waals surface area contributed by atoms with Crippen molar-refractivity contribution in [1.82, 2.24) is 4.57 Å². The van der Waals surface area contributed by atoms with Crippen LogP contribution in [-0.2, 0) is 6.54 Å². The van der Waals surface area contributed by atoms with E-state index >= 15 is 0 Å². The first-order valence-corrected chi connectivity index (χ1v) is 6.92. The number of nitrogens with zero attached hydrogens (tertiary/aromatic N) is 2. The van der Waals surface area contributed by atoms with E-state index in [1.165, 1.54) is 0 Å². The van der Waals surface area contributed by atoms with Crippen LogP contribution in [0.1, 0.15) is 24.4 Å². The van der Waals surface area contributed by atoms with Crippen molar-refractivity contribution in [1.29, 1.82) is 0 Å². The fourth-order valence-electron chi connectivity index (χ4n) is 2.37. The fourth-order valence-corrected chi connectivity index (χ4v) is 2.37. The standard InChI is InChI=1S/C16H16N2O3/c19-15-14(7-4-10-17(15)13-8-9-13)18(16(20)21)11-12-5-2-1-3-6-12/h1-7,10,13H,8-9,11H2,(H,20,21). The molecule has 0 aliphatic heterocycles. The van der Waals surface area contributed by atoms with Crippen LogP contribution in [0.4, 0.5) is 10.5 Å². The van der Waals surface area contributed by atoms with Crippen molar-refractivity contribution in [3.63, 3.8) is 0 Å². The molecule has 0 spiro atoms. The number of hydrogen-bond donors (Lipinski definition) is 1. The molecule has 0 atom stereocenters. The lowest BCUT2D eigenvalue weighted by Gasteiger charge is -2.19. The van der Waals surface area contributed by atoms with Gasteiger partial charge in [-0.05, 0) is 30.5 Å². The van der Waals surface area contributed by atoms with E-state index in [0.717, 1.165) is 23.3 Å². The second kappa shape index (κ2) is 5.44. The molecular weight excluding hydrogens is 268 g/mol. The van der Waals surface area contributed by atoms with E-state index in [-0.39, 0.29) is 23.8 Å². The first kappa shape index (κ1) is 13.4. The smallest absolute Gasteiger partial charge is 0.412 e. The van der Waals surface area contributed by atoms with Crippen LogP contribution >= 0.6 is 0 Å². The monoisotopic (exact) mass is 284 g/mol. The number of hydrogen-bond acceptors (Lipinski definition) is 2. The second-order valence-corrected chi connectivity index (χ2v) is 5.19. The summed E-state index contributed by atoms with van der Waals surface area (Å²) in [5.74, 6) is 0. The van der Waals surface area contributed by atoms with Gasteiger partial charge in [0.05, 0.1) is 6.54 Å². The summed E-state index contributed by atoms with van der Waals surface area (Å²) in [6, 6.07) is 12.8. The van der Waals surface area contributed by atoms with E-state index < -0.39 is 6.09 Å². The van der Waals surface area contributed by atoms with Gasteiger partial charge in [-0.3, -0.25) is 9.69 Å². The number of benzene rings is 1. The van der Waals surface area contributed by atoms with Crippen LogP contribution in [0.3, 0.4) is 0 Å². The maximum atomic E-state index is 12.4. The molecule has 1 fully saturated rings. The van der Waals surface area contributed by atoms with Crippen LogP contribution in [0.5, 0.6) is 0 Å². The highest BCUT2D eigenvalue weighted by Crippen LogP contribution is 2.33. The molecule has 1 aromatic carbocycles. The Hall–Kier alpha value is -2.56. The molecule has 0 radical (unpaired) electrons. The molecule has 21 heavy (non-hydrogen) atoms. The highest BCUT2D eigenvalue weighted by Gasteiger charge is 2.27. The molecular formula is C16H16N2O3. The van der Waals surface area contributed by atoms with E-state index in [1.807, 2.05) is 30.3 Å². The summed E-state index contributed by atoms with van der Waals surface area (Å²) < 4.78 is 1.64. The van der Waals surface area contributed by atoms with Crippen LogP contribution in [-0.4, -0.2) is 15.8 Å². The van der Waals surface area contributed by atoms with Gasteiger partial charge in [-0.1, -0.05) is 30.3 Å². The van der Waals surface area contributed by atoms with Crippen molar-refractivity contribution >= 4 is 11.8 Å². The molecule has 3 rings (SSSR count). The maximum Gasteiger partial charge on any atom is 0.412 e. The summed E-state index contributed by atoms with van der Waals surface area (Å²) in [4.78, 5) is 25.1. The average Bonchev–Trinajstić information content (AvgIpc) is 3.31. The normalized spacial score (nSPS) is 13.9. The SMILES string of the molecule is O=C(O)N(Cc1ccccc1)c1cccn(C2CC2)c1=O. The Morgan fingerprint density at radius 3 is 2.52 bits per heavy atom. The highest BCUT2D eigenvalue weighted by molar-refractivity contribution is 5.85. The van der Waals surface area contributed by atoms with E-state index in [0.29, 0.717) is 0 Å². The summed E-state index contributed by atoms with van der Waals surface area (Å²) in [6.45, 7) is 0.167. The third kappa shape index (κ3) is 2.81. The van der Waals surface area contributed by atoms with Gasteiger partial charge in [0.1, 0.15) is 5.69 Å². The number of aromatic nitrogens is 1. The first-order chi connectivity index (χ1) is 10.2. The van der Waals surface area contributed by atoms with Gasteiger partial charge in [-0.15, -0.1) is 0 Å². The number of anilines is 1. The molecule has 0 bridgehead atoms. The lowest BCUT2D eigenvalue weighted by molar-refractivity contribution is 0.201. The quantitative estimate of drug-likeness (QED) is 0.939. The molecule has 1 heterocycles. The van der Waals surface area contributed by atoms with Gasteiger partial charge in [0.2, 0.25) is 0 Å². The molecule has 1 aliphatic rings. The molecule has 1 aliphatic carbocycles. The molecule has 1 saturated carbocycles. The number of carboxylic acid groups (broad SMARTS) is 1. The van der Waals surface area contributed by atoms with Crippen LogP contribution in [0.15, 0.2) is 53.5 Å². The zero-order valence-corrected chi connectivity index (χ0v) is 11.5. The molecule has 1 amide bonds. The summed E-state index contributed by atoms with van der Waals surface area (Å²) in [5, 5.41) is 9.44. The minimum Gasteiger partial charge on any atom is -0.465 e. The van der Waals surface area contributed by atoms with Gasteiger partial charge >= 0.3 is 6.09 Å². The summed E-state index contributed by atoms with van der Waals surface area (Å²) in [6.07, 6.45) is 2.57. The third-order valence-electron chi connectivity index (χ3n) is 3.60. The Balaban J connectivity index is 1.96. The topological polar surface area (TPSA) is 62.5 Å². The Labute approximate surface area is 122 Å². The van der Waals surface area contributed by atoms with Crippen molar-refractivity contribution in [3.8, 4) is 0 Å². The lowest BCUT2D eigenvalue weighted by Crippen LogP contribution is -2.35. The predicted octanol–water partition coefficient (Wildman–Crippen LogP) is 2.87. The zero-order chi connectivity index (χ0) is 14.8. The van der Waals surface area contributed by atoms with Crippen LogP contribution in [0.2, 0.25) is 0 Å². The molecule has 2 aromatic rings. The van der Waals surface area contributed by atoms with Crippen molar-refractivity contribution < 1.29 is 9.90 Å². The molecule has 5 nitrogen and oxygen atoms in total. The minimum absolute atomic E-state index is 0.167. The fraction of sp³-hybridized carbons (Fsp3) is 0.250. The second-order valence-electron chi connectivity index (χ2n) is 5.19. The lowest BCUT2D eigenvalue weighted by atomic mass is 10.2. The van der Waals surface area contributed by atoms with E-state index in [4.69, 9.17) is 0 Å². The van der Waals surface area contributed by atoms with Gasteiger partial charge in [-0.25, -0.2) is 4.79 Å². The number of carbonyl (C=O) groups is 1. The molecule has 1 N–H and O–H groups in total. The van der Waals surface area contributed by atoms with Crippen molar-refractivity contribution in [2.75, 3.05) is 4.90 Å². The first-order valence-electron chi connectivity index (χ1n) is 6.92. The molecule has 0 unspecified atom stereocenters. The Morgan fingerprint density at radius 2 is 1.90 bits per heavy atom. The van der Waals surface area contributed by atoms with Gasteiger partial charge in [0.25, 0.3) is 5.56 Å². The predicted molar refractivity (Wildman–Crippen MR) is 79.6 cm³/mol. The van der Waals surface area contributed by atoms with Crippen molar-refractivity contribution in [3.05, 3.63) is 64.6 Å². The Bertz CT molecular complexity index is 705. The number of rotatable bonds is 4. The Morgan fingerprint density at radius 1 is 1.19 bits per heavy atom. The van der Waals surface area contributed by atoms with E-state index in [2.05, 4.69) is 0 Å². The summed E-state index contributed by atoms with van der Waals surface area (Å²) in [7, 11) is 0. The van der Waals surface area contributed by atoms with Gasteiger partial charge in [0, 0.05) is 12.2 Å². The average molecular weight is 284 g/mol. The van der Waals surface area contributed by atoms with Crippen molar-refractivity contribution in [2.45, 2.75) is 25.4 Å². The van der Waals surface area contributed by atoms with Gasteiger partial charge in [-0.2, -0.15) is 0 Å². The van der Waals surface area contributed by atoms with Crippen molar-refractivity contribution in [2.24, 2.45) is 0 Å². The van der Waals surface area contributed by atoms with Crippen LogP contribution < -0.4 is 10.5 Å². The Kier molecular flexibility index (Phi) is 3.48.